The van der Waals surface area contributed by atoms with Gasteiger partial charge >= 0.3 is 0 Å². The van der Waals surface area contributed by atoms with Gasteiger partial charge in [0.05, 0.1) is 19.8 Å². The third-order valence-electron chi connectivity index (χ3n) is 5.87. The molecule has 0 atom stereocenters. The van der Waals surface area contributed by atoms with Gasteiger partial charge in [-0.3, -0.25) is 4.90 Å². The molecule has 1 saturated heterocycles. The van der Waals surface area contributed by atoms with Gasteiger partial charge in [0.1, 0.15) is 11.5 Å². The fourth-order valence-corrected chi connectivity index (χ4v) is 4.51. The molecule has 0 bridgehead atoms. The van der Waals surface area contributed by atoms with Crippen molar-refractivity contribution in [1.82, 2.24) is 15.1 Å². The second-order valence-corrected chi connectivity index (χ2v) is 8.62. The maximum atomic E-state index is 5.85. The lowest BCUT2D eigenvalue weighted by Gasteiger charge is -2.31. The number of thiocarbonyl (C=S) groups is 1. The molecule has 3 rings (SSSR count). The Morgan fingerprint density at radius 1 is 1.14 bits per heavy atom. The predicted octanol–water partition coefficient (Wildman–Crippen LogP) is 4.10. The van der Waals surface area contributed by atoms with E-state index in [0.29, 0.717) is 6.04 Å². The van der Waals surface area contributed by atoms with Gasteiger partial charge in [-0.25, -0.2) is 0 Å². The SMILES string of the molecule is Cc1ccc(CN(CCCN2CCOCC2)C(=S)NC2CCCCCCC2)o1. The number of nitrogens with one attached hydrogen (secondary N) is 1. The fourth-order valence-electron chi connectivity index (χ4n) is 4.19. The van der Waals surface area contributed by atoms with Crippen LogP contribution in [0.3, 0.4) is 0 Å². The Morgan fingerprint density at radius 3 is 2.54 bits per heavy atom. The molecule has 1 N–H and O–H groups in total. The molecule has 1 aromatic heterocycles. The third kappa shape index (κ3) is 7.37. The van der Waals surface area contributed by atoms with Crippen LogP contribution in [0.15, 0.2) is 16.5 Å². The Labute approximate surface area is 175 Å². The lowest BCUT2D eigenvalue weighted by molar-refractivity contribution is 0.0367. The van der Waals surface area contributed by atoms with Crippen LogP contribution in [0.4, 0.5) is 0 Å². The first-order chi connectivity index (χ1) is 13.7. The number of furan rings is 1. The second kappa shape index (κ2) is 11.8. The summed E-state index contributed by atoms with van der Waals surface area (Å²) in [7, 11) is 0. The summed E-state index contributed by atoms with van der Waals surface area (Å²) in [5.41, 5.74) is 0. The molecule has 6 heteroatoms. The van der Waals surface area contributed by atoms with Gasteiger partial charge < -0.3 is 19.4 Å². The van der Waals surface area contributed by atoms with Crippen molar-refractivity contribution >= 4 is 17.3 Å². The standard InChI is InChI=1S/C22H37N3O2S/c1-19-10-11-21(27-19)18-25(13-7-12-24-14-16-26-17-15-24)22(28)23-20-8-5-3-2-4-6-9-20/h10-11,20H,2-9,12-18H2,1H3,(H,23,28). The van der Waals surface area contributed by atoms with E-state index in [1.807, 2.05) is 13.0 Å². The summed E-state index contributed by atoms with van der Waals surface area (Å²) in [6, 6.07) is 4.63. The zero-order chi connectivity index (χ0) is 19.6. The molecule has 0 amide bonds. The van der Waals surface area contributed by atoms with Gasteiger partial charge in [-0.1, -0.05) is 32.1 Å². The first kappa shape index (κ1) is 21.6. The van der Waals surface area contributed by atoms with Crippen LogP contribution in [0, 0.1) is 6.92 Å². The van der Waals surface area contributed by atoms with E-state index in [0.717, 1.165) is 69.0 Å². The summed E-state index contributed by atoms with van der Waals surface area (Å²) in [4.78, 5) is 4.79. The van der Waals surface area contributed by atoms with E-state index < -0.39 is 0 Å². The number of nitrogens with zero attached hydrogens (tertiary/aromatic N) is 2. The minimum atomic E-state index is 0.521. The molecule has 1 aliphatic heterocycles. The normalized spacial score (nSPS) is 19.8. The van der Waals surface area contributed by atoms with E-state index in [1.165, 1.54) is 44.9 Å². The summed E-state index contributed by atoms with van der Waals surface area (Å²) in [6.45, 7) is 8.60. The Kier molecular flexibility index (Phi) is 9.09. The summed E-state index contributed by atoms with van der Waals surface area (Å²) in [6.07, 6.45) is 10.3. The molecule has 0 unspecified atom stereocenters. The number of hydrogen-bond acceptors (Lipinski definition) is 4. The first-order valence-corrected chi connectivity index (χ1v) is 11.5. The Bertz CT molecular complexity index is 578. The molecule has 1 saturated carbocycles. The molecule has 2 heterocycles. The number of rotatable bonds is 7. The highest BCUT2D eigenvalue weighted by atomic mass is 32.1. The number of morpholine rings is 1. The van der Waals surface area contributed by atoms with Crippen molar-refractivity contribution in [2.75, 3.05) is 39.4 Å². The molecule has 1 aromatic rings. The molecule has 1 aliphatic carbocycles. The maximum Gasteiger partial charge on any atom is 0.169 e. The van der Waals surface area contributed by atoms with Gasteiger partial charge in [0.25, 0.3) is 0 Å². The van der Waals surface area contributed by atoms with Crippen molar-refractivity contribution in [2.45, 2.75) is 70.9 Å². The highest BCUT2D eigenvalue weighted by Crippen LogP contribution is 2.18. The fraction of sp³-hybridized carbons (Fsp3) is 0.773. The number of hydrogen-bond donors (Lipinski definition) is 1. The zero-order valence-electron chi connectivity index (χ0n) is 17.5. The van der Waals surface area contributed by atoms with Crippen molar-refractivity contribution in [3.63, 3.8) is 0 Å². The molecule has 5 nitrogen and oxygen atoms in total. The van der Waals surface area contributed by atoms with Gasteiger partial charge in [-0.2, -0.15) is 0 Å². The van der Waals surface area contributed by atoms with E-state index >= 15 is 0 Å². The van der Waals surface area contributed by atoms with Crippen LogP contribution < -0.4 is 5.32 Å². The lowest BCUT2D eigenvalue weighted by atomic mass is 9.97. The predicted molar refractivity (Wildman–Crippen MR) is 118 cm³/mol. The molecular weight excluding hydrogens is 370 g/mol. The van der Waals surface area contributed by atoms with Gasteiger partial charge in [-0.15, -0.1) is 0 Å². The minimum absolute atomic E-state index is 0.521. The van der Waals surface area contributed by atoms with Crippen molar-refractivity contribution in [1.29, 1.82) is 0 Å². The highest BCUT2D eigenvalue weighted by Gasteiger charge is 2.18. The smallest absolute Gasteiger partial charge is 0.169 e. The van der Waals surface area contributed by atoms with Gasteiger partial charge in [0, 0.05) is 32.2 Å². The summed E-state index contributed by atoms with van der Waals surface area (Å²) < 4.78 is 11.3. The van der Waals surface area contributed by atoms with Crippen LogP contribution in [-0.4, -0.2) is 60.3 Å². The van der Waals surface area contributed by atoms with Crippen LogP contribution >= 0.6 is 12.2 Å². The summed E-state index contributed by atoms with van der Waals surface area (Å²) >= 11 is 5.85. The van der Waals surface area contributed by atoms with Crippen molar-refractivity contribution in [2.24, 2.45) is 0 Å². The molecule has 2 fully saturated rings. The lowest BCUT2D eigenvalue weighted by Crippen LogP contribution is -2.45. The number of ether oxygens (including phenoxy) is 1. The van der Waals surface area contributed by atoms with Crippen LogP contribution in [0.2, 0.25) is 0 Å². The van der Waals surface area contributed by atoms with Crippen LogP contribution in [0.5, 0.6) is 0 Å². The van der Waals surface area contributed by atoms with E-state index in [-0.39, 0.29) is 0 Å². The van der Waals surface area contributed by atoms with E-state index in [9.17, 15) is 0 Å². The first-order valence-electron chi connectivity index (χ1n) is 11.1. The largest absolute Gasteiger partial charge is 0.464 e. The van der Waals surface area contributed by atoms with Crippen LogP contribution in [0.25, 0.3) is 0 Å². The average molecular weight is 408 g/mol. The molecule has 2 aliphatic rings. The summed E-state index contributed by atoms with van der Waals surface area (Å²) in [5.74, 6) is 1.95. The molecule has 28 heavy (non-hydrogen) atoms. The van der Waals surface area contributed by atoms with Crippen LogP contribution in [-0.2, 0) is 11.3 Å². The molecule has 0 spiro atoms. The minimum Gasteiger partial charge on any atom is -0.464 e. The van der Waals surface area contributed by atoms with Crippen molar-refractivity contribution in [3.8, 4) is 0 Å². The highest BCUT2D eigenvalue weighted by molar-refractivity contribution is 7.80. The van der Waals surface area contributed by atoms with Crippen molar-refractivity contribution in [3.05, 3.63) is 23.7 Å². The topological polar surface area (TPSA) is 40.9 Å². The maximum absolute atomic E-state index is 5.85. The molecular formula is C22H37N3O2S. The Morgan fingerprint density at radius 2 is 1.86 bits per heavy atom. The molecule has 0 radical (unpaired) electrons. The van der Waals surface area contributed by atoms with E-state index in [1.54, 1.807) is 0 Å². The van der Waals surface area contributed by atoms with E-state index in [2.05, 4.69) is 21.2 Å². The van der Waals surface area contributed by atoms with Gasteiger partial charge in [0.2, 0.25) is 0 Å². The van der Waals surface area contributed by atoms with Crippen LogP contribution in [0.1, 0.15) is 62.9 Å². The van der Waals surface area contributed by atoms with E-state index in [4.69, 9.17) is 21.4 Å². The molecule has 158 valence electrons. The monoisotopic (exact) mass is 407 g/mol. The Balaban J connectivity index is 1.53. The second-order valence-electron chi connectivity index (χ2n) is 8.23. The van der Waals surface area contributed by atoms with Gasteiger partial charge in [-0.05, 0) is 50.5 Å². The quantitative estimate of drug-likeness (QED) is 0.686. The third-order valence-corrected chi connectivity index (χ3v) is 6.24. The molecule has 0 aromatic carbocycles. The zero-order valence-corrected chi connectivity index (χ0v) is 18.3. The van der Waals surface area contributed by atoms with Crippen molar-refractivity contribution < 1.29 is 9.15 Å². The summed E-state index contributed by atoms with van der Waals surface area (Å²) in [5, 5.41) is 4.57. The Hall–Kier alpha value is -1.11. The van der Waals surface area contributed by atoms with Gasteiger partial charge in [0.15, 0.2) is 5.11 Å². The number of aryl methyl sites for hydroxylation is 1. The average Bonchev–Trinajstić information content (AvgIpc) is 3.08.